The van der Waals surface area contributed by atoms with Gasteiger partial charge in [0.05, 0.1) is 23.6 Å². The number of rotatable bonds is 4. The zero-order valence-corrected chi connectivity index (χ0v) is 15.7. The van der Waals surface area contributed by atoms with E-state index in [4.69, 9.17) is 4.74 Å². The summed E-state index contributed by atoms with van der Waals surface area (Å²) in [6.07, 6.45) is -0.421. The predicted octanol–water partition coefficient (Wildman–Crippen LogP) is 4.05. The Labute approximate surface area is 163 Å². The third kappa shape index (κ3) is 3.56. The zero-order valence-electron chi connectivity index (χ0n) is 14.1. The van der Waals surface area contributed by atoms with Gasteiger partial charge in [0.1, 0.15) is 12.3 Å². The lowest BCUT2D eigenvalue weighted by atomic mass is 10.1. The van der Waals surface area contributed by atoms with Crippen LogP contribution < -0.4 is 10.2 Å². The molecular weight excluding hydrogens is 412 g/mol. The molecule has 2 amide bonds. The Hall–Kier alpha value is -3.13. The highest BCUT2D eigenvalue weighted by atomic mass is 79.9. The average molecular weight is 427 g/mol. The molecule has 1 fully saturated rings. The van der Waals surface area contributed by atoms with Gasteiger partial charge in [-0.2, -0.15) is 5.10 Å². The molecule has 136 valence electrons. The van der Waals surface area contributed by atoms with Gasteiger partial charge in [0.25, 0.3) is 5.91 Å². The monoisotopic (exact) mass is 426 g/mol. The number of cyclic esters (lactones) is 1. The molecule has 0 radical (unpaired) electrons. The van der Waals surface area contributed by atoms with Gasteiger partial charge in [-0.1, -0.05) is 40.2 Å². The molecule has 1 saturated heterocycles. The first-order valence-corrected chi connectivity index (χ1v) is 9.07. The fraction of sp³-hybridized carbons (Fsp3) is 0.105. The van der Waals surface area contributed by atoms with Gasteiger partial charge in [-0.15, -0.1) is 0 Å². The molecule has 0 unspecified atom stereocenters. The highest BCUT2D eigenvalue weighted by molar-refractivity contribution is 9.10. The summed E-state index contributed by atoms with van der Waals surface area (Å²) in [5, 5.41) is 9.79. The maximum atomic E-state index is 12.6. The average Bonchev–Trinajstić information content (AvgIpc) is 3.32. The number of H-pyrrole nitrogens is 1. The second-order valence-electron chi connectivity index (χ2n) is 5.91. The van der Waals surface area contributed by atoms with Crippen LogP contribution in [-0.2, 0) is 4.74 Å². The van der Waals surface area contributed by atoms with Crippen LogP contribution in [-0.4, -0.2) is 35.3 Å². The van der Waals surface area contributed by atoms with Gasteiger partial charge in [0.2, 0.25) is 0 Å². The van der Waals surface area contributed by atoms with Gasteiger partial charge in [-0.3, -0.25) is 14.8 Å². The molecule has 1 aliphatic rings. The Morgan fingerprint density at radius 1 is 1.19 bits per heavy atom. The van der Waals surface area contributed by atoms with Crippen molar-refractivity contribution in [2.24, 2.45) is 0 Å². The van der Waals surface area contributed by atoms with Crippen molar-refractivity contribution >= 4 is 39.3 Å². The second kappa shape index (κ2) is 7.24. The van der Waals surface area contributed by atoms with Crippen molar-refractivity contribution in [3.8, 4) is 11.3 Å². The van der Waals surface area contributed by atoms with Gasteiger partial charge >= 0.3 is 6.09 Å². The van der Waals surface area contributed by atoms with Crippen molar-refractivity contribution in [1.82, 2.24) is 10.2 Å². The fourth-order valence-electron chi connectivity index (χ4n) is 2.82. The summed E-state index contributed by atoms with van der Waals surface area (Å²) >= 11 is 3.39. The maximum absolute atomic E-state index is 12.6. The molecule has 0 atom stereocenters. The minimum absolute atomic E-state index is 0.326. The van der Waals surface area contributed by atoms with Crippen LogP contribution in [0, 0.1) is 0 Å². The number of nitrogens with zero attached hydrogens (tertiary/aromatic N) is 2. The van der Waals surface area contributed by atoms with Crippen molar-refractivity contribution in [3.63, 3.8) is 0 Å². The van der Waals surface area contributed by atoms with Crippen LogP contribution in [0.25, 0.3) is 11.3 Å². The van der Waals surface area contributed by atoms with E-state index in [2.05, 4.69) is 31.4 Å². The summed E-state index contributed by atoms with van der Waals surface area (Å²) in [6, 6.07) is 16.4. The molecular formula is C19H15BrN4O3. The van der Waals surface area contributed by atoms with Crippen molar-refractivity contribution < 1.29 is 14.3 Å². The molecule has 2 aromatic carbocycles. The minimum atomic E-state index is -0.421. The number of aromatic amines is 1. The Kier molecular flexibility index (Phi) is 4.64. The number of para-hydroxylation sites is 2. The highest BCUT2D eigenvalue weighted by Gasteiger charge is 2.26. The number of hydrogen-bond donors (Lipinski definition) is 2. The number of nitrogens with one attached hydrogen (secondary N) is 2. The molecule has 1 aliphatic heterocycles. The number of anilines is 2. The molecule has 2 heterocycles. The topological polar surface area (TPSA) is 87.3 Å². The lowest BCUT2D eigenvalue weighted by Crippen LogP contribution is -2.25. The van der Waals surface area contributed by atoms with Gasteiger partial charge in [0.15, 0.2) is 0 Å². The maximum Gasteiger partial charge on any atom is 0.414 e. The van der Waals surface area contributed by atoms with Crippen molar-refractivity contribution in [1.29, 1.82) is 0 Å². The number of amides is 2. The molecule has 4 rings (SSSR count). The smallest absolute Gasteiger partial charge is 0.414 e. The normalized spacial score (nSPS) is 13.5. The lowest BCUT2D eigenvalue weighted by Gasteiger charge is -2.17. The Morgan fingerprint density at radius 3 is 2.70 bits per heavy atom. The third-order valence-corrected chi connectivity index (χ3v) is 4.70. The molecule has 0 bridgehead atoms. The van der Waals surface area contributed by atoms with Crippen LogP contribution in [0.4, 0.5) is 16.2 Å². The number of hydrogen-bond acceptors (Lipinski definition) is 4. The first kappa shape index (κ1) is 17.3. The summed E-state index contributed by atoms with van der Waals surface area (Å²) in [4.78, 5) is 26.0. The van der Waals surface area contributed by atoms with E-state index in [0.717, 1.165) is 10.0 Å². The van der Waals surface area contributed by atoms with E-state index in [0.29, 0.717) is 35.9 Å². The number of aromatic nitrogens is 2. The highest BCUT2D eigenvalue weighted by Crippen LogP contribution is 2.28. The van der Waals surface area contributed by atoms with E-state index in [-0.39, 0.29) is 5.91 Å². The van der Waals surface area contributed by atoms with Crippen molar-refractivity contribution in [2.45, 2.75) is 0 Å². The van der Waals surface area contributed by atoms with Crippen LogP contribution in [0.1, 0.15) is 10.5 Å². The summed E-state index contributed by atoms with van der Waals surface area (Å²) in [5.74, 6) is -0.342. The van der Waals surface area contributed by atoms with Crippen LogP contribution >= 0.6 is 15.9 Å². The Morgan fingerprint density at radius 2 is 1.96 bits per heavy atom. The largest absolute Gasteiger partial charge is 0.447 e. The standard InChI is InChI=1S/C19H15BrN4O3/c20-13-7-5-12(6-8-13)15-11-16(23-22-15)18(25)21-14-3-1-2-4-17(14)24-9-10-27-19(24)26/h1-8,11H,9-10H2,(H,21,25)(H,22,23). The van der Waals surface area contributed by atoms with Gasteiger partial charge in [0, 0.05) is 10.0 Å². The molecule has 3 aromatic rings. The SMILES string of the molecule is O=C(Nc1ccccc1N1CCOC1=O)c1cc(-c2ccc(Br)cc2)n[nH]1. The van der Waals surface area contributed by atoms with Crippen LogP contribution in [0.15, 0.2) is 59.1 Å². The number of ether oxygens (including phenoxy) is 1. The number of carbonyl (C=O) groups excluding carboxylic acids is 2. The summed E-state index contributed by atoms with van der Waals surface area (Å²) in [6.45, 7) is 0.779. The third-order valence-electron chi connectivity index (χ3n) is 4.17. The van der Waals surface area contributed by atoms with E-state index in [1.165, 1.54) is 4.90 Å². The Bertz CT molecular complexity index is 1000. The van der Waals surface area contributed by atoms with E-state index in [1.54, 1.807) is 30.3 Å². The Balaban J connectivity index is 1.55. The van der Waals surface area contributed by atoms with E-state index in [9.17, 15) is 9.59 Å². The van der Waals surface area contributed by atoms with E-state index in [1.807, 2.05) is 24.3 Å². The molecule has 0 spiro atoms. The van der Waals surface area contributed by atoms with E-state index >= 15 is 0 Å². The van der Waals surface area contributed by atoms with E-state index < -0.39 is 6.09 Å². The zero-order chi connectivity index (χ0) is 18.8. The van der Waals surface area contributed by atoms with Crippen LogP contribution in [0.2, 0.25) is 0 Å². The van der Waals surface area contributed by atoms with Gasteiger partial charge in [-0.05, 0) is 30.3 Å². The molecule has 27 heavy (non-hydrogen) atoms. The van der Waals surface area contributed by atoms with Crippen molar-refractivity contribution in [2.75, 3.05) is 23.4 Å². The number of benzene rings is 2. The number of carbonyl (C=O) groups is 2. The van der Waals surface area contributed by atoms with Gasteiger partial charge in [-0.25, -0.2) is 4.79 Å². The predicted molar refractivity (Wildman–Crippen MR) is 105 cm³/mol. The molecule has 0 saturated carbocycles. The van der Waals surface area contributed by atoms with Gasteiger partial charge < -0.3 is 10.1 Å². The van der Waals surface area contributed by atoms with Crippen molar-refractivity contribution in [3.05, 3.63) is 64.8 Å². The summed E-state index contributed by atoms with van der Waals surface area (Å²) < 4.78 is 5.95. The summed E-state index contributed by atoms with van der Waals surface area (Å²) in [5.41, 5.74) is 3.02. The second-order valence-corrected chi connectivity index (χ2v) is 6.83. The number of halogens is 1. The van der Waals surface area contributed by atoms with Crippen LogP contribution in [0.5, 0.6) is 0 Å². The quantitative estimate of drug-likeness (QED) is 0.658. The molecule has 7 nitrogen and oxygen atoms in total. The lowest BCUT2D eigenvalue weighted by molar-refractivity contribution is 0.102. The molecule has 1 aromatic heterocycles. The molecule has 2 N–H and O–H groups in total. The fourth-order valence-corrected chi connectivity index (χ4v) is 3.09. The minimum Gasteiger partial charge on any atom is -0.447 e. The molecule has 0 aliphatic carbocycles. The summed E-state index contributed by atoms with van der Waals surface area (Å²) in [7, 11) is 0. The molecule has 8 heteroatoms. The first-order valence-electron chi connectivity index (χ1n) is 8.28. The first-order chi connectivity index (χ1) is 13.1. The van der Waals surface area contributed by atoms with Crippen LogP contribution in [0.3, 0.4) is 0 Å².